The molecule has 34 heavy (non-hydrogen) atoms. The molecule has 0 amide bonds. The van der Waals surface area contributed by atoms with E-state index in [2.05, 4.69) is 93.5 Å². The largest absolute Gasteiger partial charge is 0.141 e. The Bertz CT molecular complexity index is 1430. The Hall–Kier alpha value is -1.46. The van der Waals surface area contributed by atoms with E-state index in [0.717, 1.165) is 0 Å². The van der Waals surface area contributed by atoms with E-state index in [1.54, 1.807) is 0 Å². The third-order valence-corrected chi connectivity index (χ3v) is 12.1. The molecule has 0 fully saturated rings. The molecule has 0 atom stereocenters. The fourth-order valence-electron chi connectivity index (χ4n) is 5.25. The van der Waals surface area contributed by atoms with Crippen LogP contribution in [0, 0.1) is 27.7 Å². The summed E-state index contributed by atoms with van der Waals surface area (Å²) in [5, 5.41) is 2.96. The molecule has 0 aliphatic rings. The lowest BCUT2D eigenvalue weighted by Gasteiger charge is -2.18. The number of rotatable bonds is 2. The van der Waals surface area contributed by atoms with Crippen molar-refractivity contribution in [3.63, 3.8) is 0 Å². The summed E-state index contributed by atoms with van der Waals surface area (Å²) in [6.45, 7) is 23.4. The molecule has 0 bridgehead atoms. The fraction of sp³-hybridized carbons (Fsp3) is 0.400. The summed E-state index contributed by atoms with van der Waals surface area (Å²) >= 11 is 7.94. The van der Waals surface area contributed by atoms with Crippen LogP contribution in [0.2, 0.25) is 0 Å². The minimum absolute atomic E-state index is 0.123. The molecule has 0 unspecified atom stereocenters. The summed E-state index contributed by atoms with van der Waals surface area (Å²) in [5.41, 5.74) is 6.11. The number of aryl methyl sites for hydroxylation is 4. The monoisotopic (exact) mass is 522 g/mol. The Kier molecular flexibility index (Phi) is 5.72. The number of fused-ring (bicyclic) bond motifs is 2. The highest BCUT2D eigenvalue weighted by molar-refractivity contribution is 7.24. The lowest BCUT2D eigenvalue weighted by molar-refractivity contribution is 0.600. The van der Waals surface area contributed by atoms with Crippen LogP contribution >= 0.6 is 45.3 Å². The van der Waals surface area contributed by atoms with Crippen LogP contribution in [-0.4, -0.2) is 0 Å². The molecule has 5 aromatic rings. The molecular weight excluding hydrogens is 489 g/mol. The van der Waals surface area contributed by atoms with Crippen molar-refractivity contribution in [2.24, 2.45) is 0 Å². The normalized spacial score (nSPS) is 13.0. The molecule has 5 rings (SSSR count). The van der Waals surface area contributed by atoms with Gasteiger partial charge in [-0.15, -0.1) is 45.3 Å². The van der Waals surface area contributed by atoms with E-state index in [9.17, 15) is 0 Å². The minimum Gasteiger partial charge on any atom is -0.141 e. The maximum absolute atomic E-state index is 2.36. The molecule has 0 saturated carbocycles. The van der Waals surface area contributed by atoms with E-state index in [1.807, 2.05) is 45.3 Å². The van der Waals surface area contributed by atoms with Crippen molar-refractivity contribution in [2.45, 2.75) is 80.1 Å². The third kappa shape index (κ3) is 3.73. The molecule has 0 N–H and O–H groups in total. The average Bonchev–Trinajstić information content (AvgIpc) is 3.47. The molecule has 0 spiro atoms. The van der Waals surface area contributed by atoms with Gasteiger partial charge in [-0.2, -0.15) is 0 Å². The summed E-state index contributed by atoms with van der Waals surface area (Å²) in [6, 6.07) is 9.27. The van der Waals surface area contributed by atoms with Crippen LogP contribution in [0.3, 0.4) is 0 Å². The number of hydrogen-bond donors (Lipinski definition) is 0. The lowest BCUT2D eigenvalue weighted by Crippen LogP contribution is -2.09. The Labute approximate surface area is 220 Å². The van der Waals surface area contributed by atoms with Crippen molar-refractivity contribution in [2.75, 3.05) is 0 Å². The van der Waals surface area contributed by atoms with Crippen LogP contribution in [-0.2, 0) is 10.8 Å². The van der Waals surface area contributed by atoms with Gasteiger partial charge < -0.3 is 0 Å². The maximum Gasteiger partial charge on any atom is 0.0448 e. The number of hydrogen-bond acceptors (Lipinski definition) is 4. The van der Waals surface area contributed by atoms with Gasteiger partial charge in [-0.3, -0.25) is 0 Å². The fourth-order valence-corrected chi connectivity index (χ4v) is 10.1. The molecule has 1 aromatic carbocycles. The second-order valence-corrected chi connectivity index (χ2v) is 16.2. The lowest BCUT2D eigenvalue weighted by atomic mass is 9.87. The molecule has 0 aliphatic carbocycles. The minimum atomic E-state index is 0.123. The first-order valence-electron chi connectivity index (χ1n) is 12.0. The Morgan fingerprint density at radius 1 is 0.500 bits per heavy atom. The maximum atomic E-state index is 2.36. The Morgan fingerprint density at radius 3 is 1.12 bits per heavy atom. The first-order chi connectivity index (χ1) is 15.8. The van der Waals surface area contributed by atoms with E-state index < -0.39 is 0 Å². The predicted octanol–water partition coefficient (Wildman–Crippen LogP) is 11.4. The van der Waals surface area contributed by atoms with E-state index in [1.165, 1.54) is 71.7 Å². The molecule has 4 heterocycles. The van der Waals surface area contributed by atoms with Crippen molar-refractivity contribution in [3.8, 4) is 20.9 Å². The van der Waals surface area contributed by atoms with Crippen molar-refractivity contribution in [1.29, 1.82) is 0 Å². The first kappa shape index (κ1) is 24.2. The summed E-state index contributed by atoms with van der Waals surface area (Å²) in [7, 11) is 0. The van der Waals surface area contributed by atoms with Gasteiger partial charge in [-0.25, -0.2) is 0 Å². The van der Waals surface area contributed by atoms with Crippen molar-refractivity contribution >= 4 is 65.5 Å². The van der Waals surface area contributed by atoms with Crippen LogP contribution in [0.25, 0.3) is 41.1 Å². The average molecular weight is 523 g/mol. The van der Waals surface area contributed by atoms with Gasteiger partial charge in [0, 0.05) is 60.6 Å². The van der Waals surface area contributed by atoms with Gasteiger partial charge in [0.2, 0.25) is 0 Å². The van der Waals surface area contributed by atoms with Gasteiger partial charge in [0.1, 0.15) is 0 Å². The van der Waals surface area contributed by atoms with E-state index in [0.29, 0.717) is 0 Å². The Morgan fingerprint density at radius 2 is 0.853 bits per heavy atom. The molecule has 0 saturated heterocycles. The Balaban J connectivity index is 2.09. The molecule has 0 aliphatic heterocycles. The zero-order valence-electron chi connectivity index (χ0n) is 21.9. The third-order valence-electron chi connectivity index (χ3n) is 6.58. The van der Waals surface area contributed by atoms with Gasteiger partial charge in [-0.1, -0.05) is 41.5 Å². The van der Waals surface area contributed by atoms with Crippen LogP contribution in [0.4, 0.5) is 0 Å². The van der Waals surface area contributed by atoms with E-state index in [-0.39, 0.29) is 10.8 Å². The van der Waals surface area contributed by atoms with Crippen LogP contribution < -0.4 is 0 Å². The zero-order valence-corrected chi connectivity index (χ0v) is 25.2. The van der Waals surface area contributed by atoms with Gasteiger partial charge in [0.05, 0.1) is 0 Å². The van der Waals surface area contributed by atoms with Gasteiger partial charge in [0.15, 0.2) is 0 Å². The van der Waals surface area contributed by atoms with Crippen LogP contribution in [0.1, 0.15) is 72.2 Å². The SMILES string of the molecule is Cc1ccc(-c2c3sc(C(C)(C)C)c(C)c3c(-c3ccc(C)s3)c3sc(C(C)(C)C)c(C)c23)s1. The number of benzene rings is 1. The molecule has 178 valence electrons. The van der Waals surface area contributed by atoms with Gasteiger partial charge in [-0.05, 0) is 73.9 Å². The van der Waals surface area contributed by atoms with E-state index >= 15 is 0 Å². The van der Waals surface area contributed by atoms with Crippen LogP contribution in [0.5, 0.6) is 0 Å². The predicted molar refractivity (Wildman–Crippen MR) is 160 cm³/mol. The second kappa shape index (κ2) is 8.03. The van der Waals surface area contributed by atoms with Crippen LogP contribution in [0.15, 0.2) is 24.3 Å². The topological polar surface area (TPSA) is 0 Å². The highest BCUT2D eigenvalue weighted by Crippen LogP contribution is 2.56. The molecular formula is C30H34S4. The standard InChI is InChI=1S/C30H34S4/c1-15-11-13-19(31-15)23-21-17(3)27(29(5,6)7)34-26(21)24(20-14-12-16(2)32-20)22-18(4)28(30(8,9)10)33-25(22)23/h11-14H,1-10H3. The van der Waals surface area contributed by atoms with Gasteiger partial charge in [0.25, 0.3) is 0 Å². The van der Waals surface area contributed by atoms with Crippen molar-refractivity contribution < 1.29 is 0 Å². The summed E-state index contributed by atoms with van der Waals surface area (Å²) in [4.78, 5) is 8.59. The summed E-state index contributed by atoms with van der Waals surface area (Å²) < 4.78 is 2.94. The van der Waals surface area contributed by atoms with Crippen molar-refractivity contribution in [3.05, 3.63) is 54.9 Å². The zero-order chi connectivity index (χ0) is 24.7. The van der Waals surface area contributed by atoms with E-state index in [4.69, 9.17) is 0 Å². The number of thiophene rings is 4. The highest BCUT2D eigenvalue weighted by Gasteiger charge is 2.31. The first-order valence-corrected chi connectivity index (χ1v) is 15.2. The quantitative estimate of drug-likeness (QED) is 0.216. The summed E-state index contributed by atoms with van der Waals surface area (Å²) in [6.07, 6.45) is 0. The highest BCUT2D eigenvalue weighted by atomic mass is 32.1. The van der Waals surface area contributed by atoms with Crippen molar-refractivity contribution in [1.82, 2.24) is 0 Å². The summed E-state index contributed by atoms with van der Waals surface area (Å²) in [5.74, 6) is 0. The molecule has 0 radical (unpaired) electrons. The van der Waals surface area contributed by atoms with Gasteiger partial charge >= 0.3 is 0 Å². The molecule has 4 aromatic heterocycles. The molecule has 0 nitrogen and oxygen atoms in total. The smallest absolute Gasteiger partial charge is 0.0448 e. The second-order valence-electron chi connectivity index (χ2n) is 11.6. The molecule has 4 heteroatoms.